The van der Waals surface area contributed by atoms with Crippen LogP contribution in [0.5, 0.6) is 17.5 Å². The molecule has 0 radical (unpaired) electrons. The number of hydrogen-bond acceptors (Lipinski definition) is 7. The summed E-state index contributed by atoms with van der Waals surface area (Å²) in [6, 6.07) is 16.9. The molecule has 0 aliphatic heterocycles. The van der Waals surface area contributed by atoms with Gasteiger partial charge in [-0.2, -0.15) is 0 Å². The first-order chi connectivity index (χ1) is 16.8. The van der Waals surface area contributed by atoms with E-state index in [0.29, 0.717) is 23.6 Å². The number of para-hydroxylation sites is 2. The van der Waals surface area contributed by atoms with Crippen molar-refractivity contribution in [2.24, 2.45) is 4.99 Å². The predicted molar refractivity (Wildman–Crippen MR) is 134 cm³/mol. The number of aliphatic imine (C=N–C) groups is 1. The molecule has 0 aliphatic rings. The van der Waals surface area contributed by atoms with Crippen LogP contribution in [0.15, 0.2) is 76.3 Å². The molecule has 2 heterocycles. The third-order valence-electron chi connectivity index (χ3n) is 5.43. The molecular formula is C26H26N4O5. The molecule has 0 saturated carbocycles. The highest BCUT2D eigenvalue weighted by atomic mass is 16.3. The SMILES string of the molecule is CCC(=Nc1c(Nc2cccc(C(=O)N(C)C)c2O)c(O)n(-c2ccccc2)c1O)c1ccco1. The number of phenols is 1. The van der Waals surface area contributed by atoms with Crippen LogP contribution in [-0.2, 0) is 0 Å². The highest BCUT2D eigenvalue weighted by molar-refractivity contribution is 6.02. The lowest BCUT2D eigenvalue weighted by atomic mass is 10.1. The predicted octanol–water partition coefficient (Wildman–Crippen LogP) is 5.16. The van der Waals surface area contributed by atoms with Crippen molar-refractivity contribution in [3.8, 4) is 23.2 Å². The average molecular weight is 475 g/mol. The molecule has 4 rings (SSSR count). The van der Waals surface area contributed by atoms with Crippen molar-refractivity contribution in [1.29, 1.82) is 0 Å². The molecule has 0 unspecified atom stereocenters. The summed E-state index contributed by atoms with van der Waals surface area (Å²) in [6.07, 6.45) is 2.01. The largest absolute Gasteiger partial charge is 0.505 e. The summed E-state index contributed by atoms with van der Waals surface area (Å²) in [7, 11) is 3.17. The van der Waals surface area contributed by atoms with Gasteiger partial charge < -0.3 is 30.0 Å². The van der Waals surface area contributed by atoms with Crippen molar-refractivity contribution in [1.82, 2.24) is 9.47 Å². The molecule has 180 valence electrons. The van der Waals surface area contributed by atoms with Gasteiger partial charge in [0.05, 0.1) is 28.9 Å². The zero-order valence-corrected chi connectivity index (χ0v) is 19.6. The van der Waals surface area contributed by atoms with Gasteiger partial charge in [0.2, 0.25) is 11.8 Å². The quantitative estimate of drug-likeness (QED) is 0.217. The first-order valence-corrected chi connectivity index (χ1v) is 11.0. The van der Waals surface area contributed by atoms with Crippen LogP contribution in [0.25, 0.3) is 5.69 Å². The van der Waals surface area contributed by atoms with Crippen LogP contribution in [0.3, 0.4) is 0 Å². The number of aromatic nitrogens is 1. The average Bonchev–Trinajstić information content (AvgIpc) is 3.46. The third-order valence-corrected chi connectivity index (χ3v) is 5.43. The Morgan fingerprint density at radius 3 is 2.37 bits per heavy atom. The summed E-state index contributed by atoms with van der Waals surface area (Å²) in [5.74, 6) is -0.801. The van der Waals surface area contributed by atoms with E-state index in [2.05, 4.69) is 10.3 Å². The zero-order valence-electron chi connectivity index (χ0n) is 19.6. The Morgan fingerprint density at radius 1 is 1.00 bits per heavy atom. The fraction of sp³-hybridized carbons (Fsp3) is 0.154. The second-order valence-electron chi connectivity index (χ2n) is 7.96. The van der Waals surface area contributed by atoms with Gasteiger partial charge in [0.15, 0.2) is 11.4 Å². The first-order valence-electron chi connectivity index (χ1n) is 11.0. The zero-order chi connectivity index (χ0) is 25.1. The van der Waals surface area contributed by atoms with Crippen LogP contribution in [0.4, 0.5) is 17.1 Å². The molecule has 4 aromatic rings. The standard InChI is InChI=1S/C26H26N4O5/c1-4-18(20-14-9-15-35-20)27-21-22(26(34)30(25(21)33)16-10-6-5-7-11-16)28-19-13-8-12-17(23(19)31)24(32)29(2)3/h5-15,28,31,33-34H,4H2,1-3H3. The van der Waals surface area contributed by atoms with Gasteiger partial charge in [-0.3, -0.25) is 4.79 Å². The van der Waals surface area contributed by atoms with E-state index < -0.39 is 0 Å². The number of nitrogens with one attached hydrogen (secondary N) is 1. The first kappa shape index (κ1) is 23.5. The topological polar surface area (TPSA) is 123 Å². The number of hydrogen-bond donors (Lipinski definition) is 4. The summed E-state index contributed by atoms with van der Waals surface area (Å²) in [5, 5.41) is 36.1. The van der Waals surface area contributed by atoms with Gasteiger partial charge in [-0.25, -0.2) is 9.56 Å². The van der Waals surface area contributed by atoms with Gasteiger partial charge in [-0.1, -0.05) is 31.2 Å². The fourth-order valence-corrected chi connectivity index (χ4v) is 3.66. The summed E-state index contributed by atoms with van der Waals surface area (Å²) < 4.78 is 6.72. The number of anilines is 2. The summed E-state index contributed by atoms with van der Waals surface area (Å²) >= 11 is 0. The van der Waals surface area contributed by atoms with Crippen LogP contribution in [0, 0.1) is 0 Å². The van der Waals surface area contributed by atoms with Crippen molar-refractivity contribution < 1.29 is 24.5 Å². The Morgan fingerprint density at radius 2 is 1.74 bits per heavy atom. The Hall–Kier alpha value is -4.66. The molecule has 0 spiro atoms. The number of rotatable bonds is 7. The van der Waals surface area contributed by atoms with Crippen molar-refractivity contribution in [2.45, 2.75) is 13.3 Å². The van der Waals surface area contributed by atoms with E-state index in [1.165, 1.54) is 21.8 Å². The molecule has 0 saturated heterocycles. The van der Waals surface area contributed by atoms with E-state index in [0.717, 1.165) is 0 Å². The number of furan rings is 1. The highest BCUT2D eigenvalue weighted by Crippen LogP contribution is 2.49. The van der Waals surface area contributed by atoms with E-state index in [1.807, 2.05) is 13.0 Å². The molecule has 4 N–H and O–H groups in total. The minimum Gasteiger partial charge on any atom is -0.505 e. The minimum absolute atomic E-state index is 0.0448. The van der Waals surface area contributed by atoms with E-state index in [-0.39, 0.29) is 46.0 Å². The van der Waals surface area contributed by atoms with Crippen molar-refractivity contribution in [3.05, 3.63) is 78.3 Å². The van der Waals surface area contributed by atoms with Crippen LogP contribution in [0.1, 0.15) is 29.5 Å². The maximum absolute atomic E-state index is 12.5. The second-order valence-corrected chi connectivity index (χ2v) is 7.96. The van der Waals surface area contributed by atoms with Crippen LogP contribution in [0.2, 0.25) is 0 Å². The maximum Gasteiger partial charge on any atom is 0.257 e. The molecule has 0 fully saturated rings. The van der Waals surface area contributed by atoms with Gasteiger partial charge in [-0.15, -0.1) is 0 Å². The molecule has 0 bridgehead atoms. The number of amides is 1. The van der Waals surface area contributed by atoms with Gasteiger partial charge in [0.25, 0.3) is 5.91 Å². The van der Waals surface area contributed by atoms with Crippen molar-refractivity contribution >= 4 is 28.7 Å². The lowest BCUT2D eigenvalue weighted by Crippen LogP contribution is -2.21. The molecule has 9 nitrogen and oxygen atoms in total. The van der Waals surface area contributed by atoms with E-state index in [9.17, 15) is 20.1 Å². The van der Waals surface area contributed by atoms with Crippen LogP contribution >= 0.6 is 0 Å². The lowest BCUT2D eigenvalue weighted by molar-refractivity contribution is 0.0824. The number of carbonyl (C=O) groups is 1. The summed E-state index contributed by atoms with van der Waals surface area (Å²) in [5.41, 5.74) is 1.38. The van der Waals surface area contributed by atoms with Gasteiger partial charge in [0.1, 0.15) is 11.4 Å². The van der Waals surface area contributed by atoms with E-state index in [4.69, 9.17) is 4.42 Å². The highest BCUT2D eigenvalue weighted by Gasteiger charge is 2.26. The Balaban J connectivity index is 1.90. The van der Waals surface area contributed by atoms with Gasteiger partial charge in [-0.05, 0) is 42.8 Å². The molecule has 0 aliphatic carbocycles. The number of aromatic hydroxyl groups is 3. The second kappa shape index (κ2) is 9.68. The van der Waals surface area contributed by atoms with Crippen molar-refractivity contribution in [3.63, 3.8) is 0 Å². The van der Waals surface area contributed by atoms with E-state index in [1.54, 1.807) is 62.6 Å². The Kier molecular flexibility index (Phi) is 6.50. The van der Waals surface area contributed by atoms with Gasteiger partial charge >= 0.3 is 0 Å². The third kappa shape index (κ3) is 4.43. The summed E-state index contributed by atoms with van der Waals surface area (Å²) in [4.78, 5) is 18.4. The molecular weight excluding hydrogens is 448 g/mol. The molecule has 1 amide bonds. The monoisotopic (exact) mass is 474 g/mol. The fourth-order valence-electron chi connectivity index (χ4n) is 3.66. The molecule has 2 aromatic carbocycles. The number of carbonyl (C=O) groups excluding carboxylic acids is 1. The lowest BCUT2D eigenvalue weighted by Gasteiger charge is -2.15. The van der Waals surface area contributed by atoms with Crippen molar-refractivity contribution in [2.75, 3.05) is 19.4 Å². The minimum atomic E-state index is -0.385. The number of phenolic OH excluding ortho intramolecular Hbond substituents is 1. The molecule has 2 aromatic heterocycles. The smallest absolute Gasteiger partial charge is 0.257 e. The summed E-state index contributed by atoms with van der Waals surface area (Å²) in [6.45, 7) is 1.89. The Bertz CT molecular complexity index is 1370. The molecule has 9 heteroatoms. The molecule has 35 heavy (non-hydrogen) atoms. The number of nitrogens with zero attached hydrogens (tertiary/aromatic N) is 3. The maximum atomic E-state index is 12.5. The molecule has 0 atom stereocenters. The van der Waals surface area contributed by atoms with Gasteiger partial charge in [0, 0.05) is 14.1 Å². The number of benzene rings is 2. The van der Waals surface area contributed by atoms with E-state index >= 15 is 0 Å². The normalized spacial score (nSPS) is 11.5. The Labute approximate surface area is 202 Å². The van der Waals surface area contributed by atoms with Crippen LogP contribution in [-0.4, -0.2) is 50.5 Å². The van der Waals surface area contributed by atoms with Crippen LogP contribution < -0.4 is 5.32 Å².